The molecular weight excluding hydrogens is 338 g/mol. The molecule has 0 atom stereocenters. The molecule has 0 spiro atoms. The van der Waals surface area contributed by atoms with Crippen molar-refractivity contribution < 1.29 is 14.3 Å². The second-order valence-electron chi connectivity index (χ2n) is 5.89. The van der Waals surface area contributed by atoms with Crippen LogP contribution in [0, 0.1) is 13.8 Å². The van der Waals surface area contributed by atoms with Crippen molar-refractivity contribution in [2.24, 2.45) is 0 Å². The number of amides is 1. The van der Waals surface area contributed by atoms with E-state index >= 15 is 0 Å². The van der Waals surface area contributed by atoms with Crippen LogP contribution >= 0.6 is 11.8 Å². The first-order valence-corrected chi connectivity index (χ1v) is 9.46. The van der Waals surface area contributed by atoms with Gasteiger partial charge in [-0.2, -0.15) is 0 Å². The molecule has 0 aromatic carbocycles. The molecule has 1 aromatic rings. The Balaban J connectivity index is 2.53. The molecule has 0 radical (unpaired) electrons. The average Bonchev–Trinajstić information content (AvgIpc) is 2.56. The summed E-state index contributed by atoms with van der Waals surface area (Å²) in [4.78, 5) is 34.4. The molecule has 0 aliphatic heterocycles. The van der Waals surface area contributed by atoms with Gasteiger partial charge < -0.3 is 9.64 Å². The zero-order valence-corrected chi connectivity index (χ0v) is 16.5. The van der Waals surface area contributed by atoms with Crippen LogP contribution in [0.15, 0.2) is 17.3 Å². The number of hydrogen-bond donors (Lipinski definition) is 0. The Morgan fingerprint density at radius 3 is 2.32 bits per heavy atom. The van der Waals surface area contributed by atoms with E-state index < -0.39 is 5.97 Å². The number of nitrogens with zero attached hydrogens (tertiary/aromatic N) is 3. The number of rotatable bonds is 9. The van der Waals surface area contributed by atoms with Crippen molar-refractivity contribution in [1.29, 1.82) is 0 Å². The SMILES string of the molecule is C=C(C)CN(CC)C(=O)COC(=O)CCc1c(C)nc(SC)nc1C. The number of likely N-dealkylation sites (N-methyl/N-ethyl adjacent to an activating group) is 1. The number of carbonyl (C=O) groups is 2. The standard InChI is InChI=1S/C18H27N3O3S/c1-7-21(10-12(2)3)16(22)11-24-17(23)9-8-15-13(4)19-18(25-6)20-14(15)5/h2,7-11H2,1,3-6H3. The van der Waals surface area contributed by atoms with E-state index in [9.17, 15) is 9.59 Å². The molecule has 0 unspecified atom stereocenters. The molecule has 7 heteroatoms. The normalized spacial score (nSPS) is 10.4. The molecule has 1 amide bonds. The lowest BCUT2D eigenvalue weighted by atomic mass is 10.1. The average molecular weight is 365 g/mol. The fraction of sp³-hybridized carbons (Fsp3) is 0.556. The lowest BCUT2D eigenvalue weighted by Gasteiger charge is -2.20. The van der Waals surface area contributed by atoms with Gasteiger partial charge in [0.25, 0.3) is 5.91 Å². The van der Waals surface area contributed by atoms with Crippen LogP contribution in [0.2, 0.25) is 0 Å². The summed E-state index contributed by atoms with van der Waals surface area (Å²) in [5.74, 6) is -0.605. The summed E-state index contributed by atoms with van der Waals surface area (Å²) in [6, 6.07) is 0. The van der Waals surface area contributed by atoms with Gasteiger partial charge in [0.2, 0.25) is 0 Å². The highest BCUT2D eigenvalue weighted by Crippen LogP contribution is 2.17. The molecule has 0 saturated heterocycles. The van der Waals surface area contributed by atoms with Gasteiger partial charge in [0.15, 0.2) is 11.8 Å². The van der Waals surface area contributed by atoms with Gasteiger partial charge in [0.1, 0.15) is 0 Å². The molecular formula is C18H27N3O3S. The van der Waals surface area contributed by atoms with Crippen LogP contribution in [-0.4, -0.2) is 52.7 Å². The number of aromatic nitrogens is 2. The van der Waals surface area contributed by atoms with Crippen LogP contribution in [0.25, 0.3) is 0 Å². The third kappa shape index (κ3) is 6.86. The van der Waals surface area contributed by atoms with Gasteiger partial charge in [0.05, 0.1) is 0 Å². The summed E-state index contributed by atoms with van der Waals surface area (Å²) < 4.78 is 5.11. The summed E-state index contributed by atoms with van der Waals surface area (Å²) >= 11 is 1.49. The Bertz CT molecular complexity index is 623. The molecule has 0 N–H and O–H groups in total. The van der Waals surface area contributed by atoms with Crippen molar-refractivity contribution in [2.75, 3.05) is 26.0 Å². The zero-order valence-electron chi connectivity index (χ0n) is 15.7. The Morgan fingerprint density at radius 2 is 1.84 bits per heavy atom. The minimum atomic E-state index is -0.396. The Labute approximate surface area is 154 Å². The molecule has 0 aliphatic carbocycles. The molecule has 1 rings (SSSR count). The van der Waals surface area contributed by atoms with E-state index in [4.69, 9.17) is 4.74 Å². The predicted octanol–water partition coefficient (Wildman–Crippen LogP) is 2.72. The number of carbonyl (C=O) groups excluding carboxylic acids is 2. The summed E-state index contributed by atoms with van der Waals surface area (Å²) in [6.07, 6.45) is 2.63. The smallest absolute Gasteiger partial charge is 0.306 e. The summed E-state index contributed by atoms with van der Waals surface area (Å²) in [5, 5.41) is 0.726. The van der Waals surface area contributed by atoms with Crippen LogP contribution < -0.4 is 0 Å². The second kappa shape index (κ2) is 10.2. The maximum Gasteiger partial charge on any atom is 0.306 e. The number of thioether (sulfide) groups is 1. The topological polar surface area (TPSA) is 72.4 Å². The highest BCUT2D eigenvalue weighted by atomic mass is 32.2. The number of ether oxygens (including phenoxy) is 1. The Kier molecular flexibility index (Phi) is 8.61. The third-order valence-corrected chi connectivity index (χ3v) is 4.26. The molecule has 25 heavy (non-hydrogen) atoms. The first kappa shape index (κ1) is 21.2. The van der Waals surface area contributed by atoms with Crippen molar-refractivity contribution in [1.82, 2.24) is 14.9 Å². The quantitative estimate of drug-likeness (QED) is 0.290. The van der Waals surface area contributed by atoms with E-state index in [1.807, 2.05) is 34.0 Å². The third-order valence-electron chi connectivity index (χ3n) is 3.71. The molecule has 1 heterocycles. The van der Waals surface area contributed by atoms with Gasteiger partial charge >= 0.3 is 5.97 Å². The van der Waals surface area contributed by atoms with Gasteiger partial charge in [-0.3, -0.25) is 9.59 Å². The van der Waals surface area contributed by atoms with E-state index in [-0.39, 0.29) is 18.9 Å². The van der Waals surface area contributed by atoms with Crippen LogP contribution in [0.5, 0.6) is 0 Å². The highest BCUT2D eigenvalue weighted by molar-refractivity contribution is 7.98. The van der Waals surface area contributed by atoms with Crippen LogP contribution in [0.4, 0.5) is 0 Å². The number of hydrogen-bond acceptors (Lipinski definition) is 6. The lowest BCUT2D eigenvalue weighted by Crippen LogP contribution is -2.35. The minimum Gasteiger partial charge on any atom is -0.456 e. The Morgan fingerprint density at radius 1 is 1.24 bits per heavy atom. The molecule has 0 bridgehead atoms. The molecule has 0 saturated carbocycles. The second-order valence-corrected chi connectivity index (χ2v) is 6.66. The van der Waals surface area contributed by atoms with Crippen molar-refractivity contribution in [3.05, 3.63) is 29.1 Å². The van der Waals surface area contributed by atoms with Crippen LogP contribution in [0.3, 0.4) is 0 Å². The number of esters is 1. The molecule has 6 nitrogen and oxygen atoms in total. The maximum atomic E-state index is 12.1. The van der Waals surface area contributed by atoms with Gasteiger partial charge in [-0.05, 0) is 45.9 Å². The van der Waals surface area contributed by atoms with Crippen LogP contribution in [0.1, 0.15) is 37.2 Å². The van der Waals surface area contributed by atoms with E-state index in [2.05, 4.69) is 16.5 Å². The predicted molar refractivity (Wildman–Crippen MR) is 99.6 cm³/mol. The zero-order chi connectivity index (χ0) is 19.0. The molecule has 0 aliphatic rings. The molecule has 0 fully saturated rings. The van der Waals surface area contributed by atoms with Gasteiger partial charge in [-0.25, -0.2) is 9.97 Å². The largest absolute Gasteiger partial charge is 0.456 e. The molecule has 138 valence electrons. The van der Waals surface area contributed by atoms with Crippen molar-refractivity contribution >= 4 is 23.6 Å². The molecule has 1 aromatic heterocycles. The van der Waals surface area contributed by atoms with E-state index in [0.29, 0.717) is 19.5 Å². The highest BCUT2D eigenvalue weighted by Gasteiger charge is 2.15. The summed E-state index contributed by atoms with van der Waals surface area (Å²) in [6.45, 7) is 12.2. The summed E-state index contributed by atoms with van der Waals surface area (Å²) in [7, 11) is 0. The fourth-order valence-corrected chi connectivity index (χ4v) is 2.85. The van der Waals surface area contributed by atoms with Gasteiger partial charge in [-0.1, -0.05) is 23.9 Å². The fourth-order valence-electron chi connectivity index (χ4n) is 2.40. The van der Waals surface area contributed by atoms with Crippen molar-refractivity contribution in [2.45, 2.75) is 45.7 Å². The van der Waals surface area contributed by atoms with Crippen molar-refractivity contribution in [3.8, 4) is 0 Å². The maximum absolute atomic E-state index is 12.1. The lowest BCUT2D eigenvalue weighted by molar-refractivity contribution is -0.151. The first-order valence-electron chi connectivity index (χ1n) is 8.24. The van der Waals surface area contributed by atoms with E-state index in [1.54, 1.807) is 4.90 Å². The van der Waals surface area contributed by atoms with E-state index in [1.165, 1.54) is 11.8 Å². The van der Waals surface area contributed by atoms with Gasteiger partial charge in [-0.15, -0.1) is 0 Å². The summed E-state index contributed by atoms with van der Waals surface area (Å²) in [5.41, 5.74) is 3.60. The van der Waals surface area contributed by atoms with E-state index in [0.717, 1.165) is 27.7 Å². The Hall–Kier alpha value is -1.89. The van der Waals surface area contributed by atoms with Crippen molar-refractivity contribution in [3.63, 3.8) is 0 Å². The van der Waals surface area contributed by atoms with Crippen LogP contribution in [-0.2, 0) is 20.7 Å². The minimum absolute atomic E-state index is 0.198. The first-order chi connectivity index (χ1) is 11.8. The number of aryl methyl sites for hydroxylation is 2. The van der Waals surface area contributed by atoms with Gasteiger partial charge in [0, 0.05) is 30.9 Å². The monoisotopic (exact) mass is 365 g/mol.